The van der Waals surface area contributed by atoms with E-state index in [9.17, 15) is 14.7 Å². The van der Waals surface area contributed by atoms with E-state index in [0.29, 0.717) is 31.7 Å². The van der Waals surface area contributed by atoms with Crippen molar-refractivity contribution in [3.8, 4) is 0 Å². The fraction of sp³-hybridized carbons (Fsp3) is 0.526. The lowest BCUT2D eigenvalue weighted by atomic mass is 9.77. The minimum Gasteiger partial charge on any atom is -0.481 e. The van der Waals surface area contributed by atoms with Gasteiger partial charge in [0.25, 0.3) is 5.91 Å². The normalized spacial score (nSPS) is 23.9. The van der Waals surface area contributed by atoms with Crippen molar-refractivity contribution in [2.45, 2.75) is 19.8 Å². The number of aliphatic carboxylic acids is 1. The Labute approximate surface area is 163 Å². The summed E-state index contributed by atoms with van der Waals surface area (Å²) in [5.74, 6) is 0.148. The molecular formula is C19H24N6O3. The maximum absolute atomic E-state index is 12.9. The molecule has 2 aromatic rings. The number of imidazole rings is 1. The van der Waals surface area contributed by atoms with Crippen LogP contribution in [0.5, 0.6) is 0 Å². The fourth-order valence-corrected chi connectivity index (χ4v) is 4.51. The molecule has 2 unspecified atom stereocenters. The number of amides is 1. The van der Waals surface area contributed by atoms with Crippen LogP contribution in [0.2, 0.25) is 0 Å². The molecule has 2 atom stereocenters. The number of anilines is 1. The van der Waals surface area contributed by atoms with Gasteiger partial charge >= 0.3 is 5.97 Å². The van der Waals surface area contributed by atoms with Crippen LogP contribution in [0, 0.1) is 18.3 Å². The second-order valence-corrected chi connectivity index (χ2v) is 7.94. The highest BCUT2D eigenvalue weighted by atomic mass is 16.4. The van der Waals surface area contributed by atoms with Crippen LogP contribution in [0.3, 0.4) is 0 Å². The highest BCUT2D eigenvalue weighted by molar-refractivity contribution is 5.92. The molecule has 0 spiro atoms. The molecule has 1 amide bonds. The molecule has 2 saturated heterocycles. The lowest BCUT2D eigenvalue weighted by Gasteiger charge is -2.29. The summed E-state index contributed by atoms with van der Waals surface area (Å²) in [4.78, 5) is 32.2. The average molecular weight is 384 g/mol. The SMILES string of the molecule is Cc1ccc(N2CC3CN(C(=O)c4cncn4C)CC3(CCC(=O)O)C2)nn1. The van der Waals surface area contributed by atoms with Gasteiger partial charge in [-0.05, 0) is 25.5 Å². The molecule has 2 fully saturated rings. The highest BCUT2D eigenvalue weighted by Gasteiger charge is 2.53. The molecule has 0 aromatic carbocycles. The van der Waals surface area contributed by atoms with Gasteiger partial charge in [-0.25, -0.2) is 4.98 Å². The van der Waals surface area contributed by atoms with Crippen molar-refractivity contribution < 1.29 is 14.7 Å². The molecule has 9 heteroatoms. The zero-order chi connectivity index (χ0) is 19.9. The molecule has 9 nitrogen and oxygen atoms in total. The van der Waals surface area contributed by atoms with Gasteiger partial charge in [0.2, 0.25) is 0 Å². The van der Waals surface area contributed by atoms with Crippen LogP contribution in [0.15, 0.2) is 24.7 Å². The Hall–Kier alpha value is -2.97. The molecule has 28 heavy (non-hydrogen) atoms. The first-order valence-corrected chi connectivity index (χ1v) is 9.41. The smallest absolute Gasteiger partial charge is 0.303 e. The molecule has 148 valence electrons. The zero-order valence-corrected chi connectivity index (χ0v) is 16.1. The number of hydrogen-bond donors (Lipinski definition) is 1. The monoisotopic (exact) mass is 384 g/mol. The van der Waals surface area contributed by atoms with E-state index in [4.69, 9.17) is 0 Å². The number of likely N-dealkylation sites (tertiary alicyclic amines) is 1. The Kier molecular flexibility index (Phi) is 4.52. The van der Waals surface area contributed by atoms with Crippen molar-refractivity contribution in [3.63, 3.8) is 0 Å². The summed E-state index contributed by atoms with van der Waals surface area (Å²) < 4.78 is 1.72. The quantitative estimate of drug-likeness (QED) is 0.819. The lowest BCUT2D eigenvalue weighted by molar-refractivity contribution is -0.137. The highest BCUT2D eigenvalue weighted by Crippen LogP contribution is 2.47. The number of carboxylic acid groups (broad SMARTS) is 1. The summed E-state index contributed by atoms with van der Waals surface area (Å²) in [6.45, 7) is 4.47. The van der Waals surface area contributed by atoms with Gasteiger partial charge in [-0.2, -0.15) is 5.10 Å². The van der Waals surface area contributed by atoms with Gasteiger partial charge in [-0.3, -0.25) is 9.59 Å². The van der Waals surface area contributed by atoms with E-state index >= 15 is 0 Å². The van der Waals surface area contributed by atoms with E-state index in [1.807, 2.05) is 24.0 Å². The standard InChI is InChI=1S/C19H24N6O3/c1-13-3-4-16(22-21-13)24-8-14-9-25(18(28)15-7-20-12-23(15)2)11-19(14,10-24)6-5-17(26)27/h3-4,7,12,14H,5-6,8-11H2,1-2H3,(H,26,27). The number of fused-ring (bicyclic) bond motifs is 1. The Bertz CT molecular complexity index is 895. The Morgan fingerprint density at radius 3 is 2.71 bits per heavy atom. The van der Waals surface area contributed by atoms with Crippen LogP contribution < -0.4 is 4.90 Å². The first kappa shape index (κ1) is 18.4. The third kappa shape index (κ3) is 3.21. The average Bonchev–Trinajstić information content (AvgIpc) is 3.32. The number of aromatic nitrogens is 4. The second kappa shape index (κ2) is 6.88. The Morgan fingerprint density at radius 1 is 1.25 bits per heavy atom. The van der Waals surface area contributed by atoms with Crippen molar-refractivity contribution in [3.05, 3.63) is 36.0 Å². The second-order valence-electron chi connectivity index (χ2n) is 7.94. The van der Waals surface area contributed by atoms with Crippen LogP contribution in [0.1, 0.15) is 29.0 Å². The zero-order valence-electron chi connectivity index (χ0n) is 16.1. The maximum atomic E-state index is 12.9. The fourth-order valence-electron chi connectivity index (χ4n) is 4.51. The van der Waals surface area contributed by atoms with Crippen molar-refractivity contribution >= 4 is 17.7 Å². The van der Waals surface area contributed by atoms with Crippen LogP contribution in [-0.2, 0) is 11.8 Å². The molecule has 0 saturated carbocycles. The summed E-state index contributed by atoms with van der Waals surface area (Å²) >= 11 is 0. The minimum atomic E-state index is -0.807. The molecule has 1 N–H and O–H groups in total. The van der Waals surface area contributed by atoms with E-state index in [0.717, 1.165) is 18.1 Å². The molecule has 0 bridgehead atoms. The predicted molar refractivity (Wildman–Crippen MR) is 101 cm³/mol. The number of carbonyl (C=O) groups is 2. The van der Waals surface area contributed by atoms with E-state index in [-0.39, 0.29) is 23.7 Å². The van der Waals surface area contributed by atoms with Gasteiger partial charge < -0.3 is 19.5 Å². The molecule has 4 rings (SSSR count). The van der Waals surface area contributed by atoms with E-state index in [1.54, 1.807) is 24.1 Å². The topological polar surface area (TPSA) is 104 Å². The predicted octanol–water partition coefficient (Wildman–Crippen LogP) is 0.962. The minimum absolute atomic E-state index is 0.0502. The molecular weight excluding hydrogens is 360 g/mol. The molecule has 2 aliphatic heterocycles. The van der Waals surface area contributed by atoms with Crippen molar-refractivity contribution in [1.29, 1.82) is 0 Å². The Morgan fingerprint density at radius 2 is 2.07 bits per heavy atom. The van der Waals surface area contributed by atoms with Crippen LogP contribution in [0.25, 0.3) is 0 Å². The van der Waals surface area contributed by atoms with E-state index in [2.05, 4.69) is 20.1 Å². The first-order chi connectivity index (χ1) is 13.4. The van der Waals surface area contributed by atoms with Gasteiger partial charge in [-0.1, -0.05) is 0 Å². The van der Waals surface area contributed by atoms with E-state index < -0.39 is 5.97 Å². The number of aryl methyl sites for hydroxylation is 2. The van der Waals surface area contributed by atoms with Crippen molar-refractivity contribution in [2.24, 2.45) is 18.4 Å². The number of nitrogens with zero attached hydrogens (tertiary/aromatic N) is 6. The van der Waals surface area contributed by atoms with Gasteiger partial charge in [0.15, 0.2) is 5.82 Å². The van der Waals surface area contributed by atoms with Crippen molar-refractivity contribution in [2.75, 3.05) is 31.1 Å². The molecule has 4 heterocycles. The molecule has 0 aliphatic carbocycles. The summed E-state index contributed by atoms with van der Waals surface area (Å²) in [6, 6.07) is 3.88. The molecule has 2 aliphatic rings. The van der Waals surface area contributed by atoms with Gasteiger partial charge in [0.1, 0.15) is 5.69 Å². The summed E-state index contributed by atoms with van der Waals surface area (Å²) in [5, 5.41) is 17.7. The van der Waals surface area contributed by atoms with Crippen molar-refractivity contribution in [1.82, 2.24) is 24.6 Å². The molecule has 2 aromatic heterocycles. The summed E-state index contributed by atoms with van der Waals surface area (Å²) in [7, 11) is 1.80. The van der Waals surface area contributed by atoms with Crippen LogP contribution >= 0.6 is 0 Å². The largest absolute Gasteiger partial charge is 0.481 e. The summed E-state index contributed by atoms with van der Waals surface area (Å²) in [6.07, 6.45) is 3.83. The van der Waals surface area contributed by atoms with E-state index in [1.165, 1.54) is 0 Å². The number of carboxylic acids is 1. The maximum Gasteiger partial charge on any atom is 0.303 e. The first-order valence-electron chi connectivity index (χ1n) is 9.41. The van der Waals surface area contributed by atoms with Gasteiger partial charge in [0.05, 0.1) is 18.2 Å². The lowest BCUT2D eigenvalue weighted by Crippen LogP contribution is -2.38. The number of carbonyl (C=O) groups excluding carboxylic acids is 1. The summed E-state index contributed by atoms with van der Waals surface area (Å²) in [5.41, 5.74) is 1.16. The van der Waals surface area contributed by atoms with Crippen LogP contribution in [-0.4, -0.2) is 67.8 Å². The molecule has 0 radical (unpaired) electrons. The number of rotatable bonds is 5. The van der Waals surface area contributed by atoms with Gasteiger partial charge in [-0.15, -0.1) is 5.10 Å². The van der Waals surface area contributed by atoms with Gasteiger partial charge in [0, 0.05) is 51.0 Å². The number of hydrogen-bond acceptors (Lipinski definition) is 6. The van der Waals surface area contributed by atoms with Crippen LogP contribution in [0.4, 0.5) is 5.82 Å². The third-order valence-corrected chi connectivity index (χ3v) is 6.03. The Balaban J connectivity index is 1.56. The third-order valence-electron chi connectivity index (χ3n) is 6.03.